The lowest BCUT2D eigenvalue weighted by Crippen LogP contribution is -2.34. The molecule has 0 radical (unpaired) electrons. The molecule has 2 heterocycles. The summed E-state index contributed by atoms with van der Waals surface area (Å²) in [4.78, 5) is 6.63. The van der Waals surface area contributed by atoms with Crippen LogP contribution in [0.5, 0.6) is 5.88 Å². The van der Waals surface area contributed by atoms with Gasteiger partial charge in [-0.05, 0) is 54.7 Å². The van der Waals surface area contributed by atoms with Crippen LogP contribution < -0.4 is 20.3 Å². The van der Waals surface area contributed by atoms with Crippen LogP contribution in [0.3, 0.4) is 0 Å². The summed E-state index contributed by atoms with van der Waals surface area (Å²) in [6.45, 7) is 5.33. The molecule has 1 fully saturated rings. The van der Waals surface area contributed by atoms with Crippen LogP contribution >= 0.6 is 12.2 Å². The lowest BCUT2D eigenvalue weighted by atomic mass is 9.99. The van der Waals surface area contributed by atoms with Gasteiger partial charge in [-0.15, -0.1) is 0 Å². The van der Waals surface area contributed by atoms with E-state index in [1.165, 1.54) is 24.1 Å². The molecule has 1 aliphatic rings. The third kappa shape index (κ3) is 5.08. The molecule has 138 valence electrons. The van der Waals surface area contributed by atoms with Crippen LogP contribution in [-0.2, 0) is 6.54 Å². The third-order valence-electron chi connectivity index (χ3n) is 4.61. The molecular weight excluding hydrogens is 344 g/mol. The first-order chi connectivity index (χ1) is 12.6. The highest BCUT2D eigenvalue weighted by Crippen LogP contribution is 2.23. The average molecular weight is 371 g/mol. The first-order valence-electron chi connectivity index (χ1n) is 9.03. The number of aromatic nitrogens is 1. The van der Waals surface area contributed by atoms with Crippen molar-refractivity contribution >= 4 is 28.7 Å². The molecule has 0 amide bonds. The van der Waals surface area contributed by atoms with Gasteiger partial charge in [-0.3, -0.25) is 0 Å². The third-order valence-corrected chi connectivity index (χ3v) is 4.86. The second kappa shape index (κ2) is 8.85. The molecule has 5 nitrogen and oxygen atoms in total. The van der Waals surface area contributed by atoms with Crippen molar-refractivity contribution in [3.05, 3.63) is 48.2 Å². The Hall–Kier alpha value is -2.34. The summed E-state index contributed by atoms with van der Waals surface area (Å²) in [6, 6.07) is 12.4. The second-order valence-corrected chi connectivity index (χ2v) is 7.17. The maximum atomic E-state index is 5.35. The molecule has 0 aliphatic carbocycles. The largest absolute Gasteiger partial charge is 0.481 e. The number of anilines is 2. The second-order valence-electron chi connectivity index (χ2n) is 6.76. The number of nitrogens with zero attached hydrogens (tertiary/aromatic N) is 2. The Morgan fingerprint density at radius 1 is 1.27 bits per heavy atom. The highest BCUT2D eigenvalue weighted by atomic mass is 32.1. The Labute approximate surface area is 160 Å². The van der Waals surface area contributed by atoms with E-state index in [0.29, 0.717) is 17.5 Å². The molecular formula is C20H26N4OS. The van der Waals surface area contributed by atoms with Gasteiger partial charge in [-0.2, -0.15) is 0 Å². The maximum Gasteiger partial charge on any atom is 0.213 e. The zero-order valence-corrected chi connectivity index (χ0v) is 16.2. The Morgan fingerprint density at radius 2 is 2.08 bits per heavy atom. The SMILES string of the molecule is COc1ccc(NC(=S)NCc2ccc(N3CCC[C@@H](C)C3)cc2)cn1. The van der Waals surface area contributed by atoms with Gasteiger partial charge in [0.25, 0.3) is 0 Å². The zero-order valence-electron chi connectivity index (χ0n) is 15.4. The predicted molar refractivity (Wildman–Crippen MR) is 111 cm³/mol. The van der Waals surface area contributed by atoms with Gasteiger partial charge in [0, 0.05) is 31.4 Å². The maximum absolute atomic E-state index is 5.35. The van der Waals surface area contributed by atoms with Gasteiger partial charge in [-0.25, -0.2) is 4.98 Å². The molecule has 1 saturated heterocycles. The Balaban J connectivity index is 1.48. The number of benzene rings is 1. The molecule has 2 aromatic rings. The summed E-state index contributed by atoms with van der Waals surface area (Å²) in [6.07, 6.45) is 4.32. The van der Waals surface area contributed by atoms with E-state index in [9.17, 15) is 0 Å². The number of piperidine rings is 1. The van der Waals surface area contributed by atoms with E-state index in [4.69, 9.17) is 17.0 Å². The standard InChI is InChI=1S/C20H26N4OS/c1-15-4-3-11-24(14-15)18-8-5-16(6-9-18)12-22-20(26)23-17-7-10-19(25-2)21-13-17/h5-10,13,15H,3-4,11-12,14H2,1-2H3,(H2,22,23,26)/t15-/m1/s1. The molecule has 0 spiro atoms. The lowest BCUT2D eigenvalue weighted by Gasteiger charge is -2.32. The number of hydrogen-bond acceptors (Lipinski definition) is 4. The van der Waals surface area contributed by atoms with Crippen molar-refractivity contribution < 1.29 is 4.74 Å². The number of nitrogens with one attached hydrogen (secondary N) is 2. The molecule has 0 bridgehead atoms. The van der Waals surface area contributed by atoms with E-state index >= 15 is 0 Å². The molecule has 2 N–H and O–H groups in total. The van der Waals surface area contributed by atoms with Gasteiger partial charge in [0.05, 0.1) is 19.0 Å². The molecule has 1 atom stereocenters. The fraction of sp³-hybridized carbons (Fsp3) is 0.400. The molecule has 3 rings (SSSR count). The number of ether oxygens (including phenoxy) is 1. The lowest BCUT2D eigenvalue weighted by molar-refractivity contribution is 0.398. The Morgan fingerprint density at radius 3 is 2.73 bits per heavy atom. The van der Waals surface area contributed by atoms with E-state index in [0.717, 1.165) is 24.7 Å². The normalized spacial score (nSPS) is 16.8. The van der Waals surface area contributed by atoms with Crippen LogP contribution in [0.25, 0.3) is 0 Å². The van der Waals surface area contributed by atoms with Crippen molar-refractivity contribution in [2.75, 3.05) is 30.4 Å². The van der Waals surface area contributed by atoms with Crippen molar-refractivity contribution in [2.24, 2.45) is 5.92 Å². The first-order valence-corrected chi connectivity index (χ1v) is 9.43. The van der Waals surface area contributed by atoms with E-state index in [2.05, 4.69) is 51.7 Å². The van der Waals surface area contributed by atoms with Crippen molar-refractivity contribution in [3.8, 4) is 5.88 Å². The number of pyridine rings is 1. The van der Waals surface area contributed by atoms with Crippen molar-refractivity contribution in [2.45, 2.75) is 26.3 Å². The van der Waals surface area contributed by atoms with Crippen LogP contribution in [0.15, 0.2) is 42.6 Å². The van der Waals surface area contributed by atoms with Crippen LogP contribution in [0, 0.1) is 5.92 Å². The topological polar surface area (TPSA) is 49.4 Å². The summed E-state index contributed by atoms with van der Waals surface area (Å²) in [5.41, 5.74) is 3.35. The summed E-state index contributed by atoms with van der Waals surface area (Å²) >= 11 is 5.35. The highest BCUT2D eigenvalue weighted by Gasteiger charge is 2.16. The summed E-state index contributed by atoms with van der Waals surface area (Å²) in [5, 5.41) is 6.93. The first kappa shape index (κ1) is 18.5. The quantitative estimate of drug-likeness (QED) is 0.781. The number of rotatable bonds is 5. The minimum Gasteiger partial charge on any atom is -0.481 e. The van der Waals surface area contributed by atoms with Gasteiger partial charge < -0.3 is 20.3 Å². The van der Waals surface area contributed by atoms with E-state index < -0.39 is 0 Å². The molecule has 6 heteroatoms. The van der Waals surface area contributed by atoms with E-state index in [-0.39, 0.29) is 0 Å². The van der Waals surface area contributed by atoms with Crippen molar-refractivity contribution in [1.29, 1.82) is 0 Å². The van der Waals surface area contributed by atoms with Crippen molar-refractivity contribution in [1.82, 2.24) is 10.3 Å². The summed E-state index contributed by atoms with van der Waals surface area (Å²) < 4.78 is 5.05. The minimum absolute atomic E-state index is 0.575. The predicted octanol–water partition coefficient (Wildman–Crippen LogP) is 3.81. The molecule has 0 saturated carbocycles. The van der Waals surface area contributed by atoms with Crippen LogP contribution in [0.1, 0.15) is 25.3 Å². The van der Waals surface area contributed by atoms with E-state index in [1.54, 1.807) is 19.4 Å². The van der Waals surface area contributed by atoms with Crippen LogP contribution in [0.2, 0.25) is 0 Å². The van der Waals surface area contributed by atoms with E-state index in [1.807, 2.05) is 6.07 Å². The zero-order chi connectivity index (χ0) is 18.4. The minimum atomic E-state index is 0.575. The summed E-state index contributed by atoms with van der Waals surface area (Å²) in [5.74, 6) is 1.36. The van der Waals surface area contributed by atoms with Gasteiger partial charge in [0.15, 0.2) is 5.11 Å². The highest BCUT2D eigenvalue weighted by molar-refractivity contribution is 7.80. The molecule has 1 aromatic heterocycles. The number of thiocarbonyl (C=S) groups is 1. The van der Waals surface area contributed by atoms with Crippen LogP contribution in [0.4, 0.5) is 11.4 Å². The average Bonchev–Trinajstić information content (AvgIpc) is 2.67. The van der Waals surface area contributed by atoms with Gasteiger partial charge >= 0.3 is 0 Å². The van der Waals surface area contributed by atoms with Crippen LogP contribution in [-0.4, -0.2) is 30.3 Å². The monoisotopic (exact) mass is 370 g/mol. The smallest absolute Gasteiger partial charge is 0.213 e. The van der Waals surface area contributed by atoms with Crippen molar-refractivity contribution in [3.63, 3.8) is 0 Å². The summed E-state index contributed by atoms with van der Waals surface area (Å²) in [7, 11) is 1.60. The van der Waals surface area contributed by atoms with Gasteiger partial charge in [0.1, 0.15) is 0 Å². The fourth-order valence-corrected chi connectivity index (χ4v) is 3.37. The van der Waals surface area contributed by atoms with Gasteiger partial charge in [0.2, 0.25) is 5.88 Å². The molecule has 1 aromatic carbocycles. The molecule has 1 aliphatic heterocycles. The number of hydrogen-bond donors (Lipinski definition) is 2. The Bertz CT molecular complexity index is 718. The molecule has 0 unspecified atom stereocenters. The fourth-order valence-electron chi connectivity index (χ4n) is 3.18. The Kier molecular flexibility index (Phi) is 6.28. The number of methoxy groups -OCH3 is 1. The molecule has 26 heavy (non-hydrogen) atoms. The van der Waals surface area contributed by atoms with Gasteiger partial charge in [-0.1, -0.05) is 19.1 Å².